The molecule has 1 aromatic carbocycles. The lowest BCUT2D eigenvalue weighted by molar-refractivity contribution is 0.329. The Kier molecular flexibility index (Phi) is 2.69. The predicted molar refractivity (Wildman–Crippen MR) is 60.7 cm³/mol. The third-order valence-electron chi connectivity index (χ3n) is 2.07. The summed E-state index contributed by atoms with van der Waals surface area (Å²) in [6, 6.07) is 9.38. The summed E-state index contributed by atoms with van der Waals surface area (Å²) in [6.07, 6.45) is 0. The molecule has 0 saturated heterocycles. The van der Waals surface area contributed by atoms with Crippen molar-refractivity contribution in [1.82, 2.24) is 4.98 Å². The fourth-order valence-corrected chi connectivity index (χ4v) is 1.39. The molecule has 0 bridgehead atoms. The van der Waals surface area contributed by atoms with Crippen LogP contribution in [0.15, 0.2) is 30.3 Å². The number of benzene rings is 1. The average molecular weight is 203 g/mol. The number of pyridine rings is 1. The maximum Gasteiger partial charge on any atom is 0.124 e. The van der Waals surface area contributed by atoms with E-state index in [1.54, 1.807) is 6.07 Å². The van der Waals surface area contributed by atoms with Gasteiger partial charge in [-0.25, -0.2) is 4.98 Å². The predicted octanol–water partition coefficient (Wildman–Crippen LogP) is 1.15. The van der Waals surface area contributed by atoms with Gasteiger partial charge in [0.2, 0.25) is 0 Å². The first-order chi connectivity index (χ1) is 7.29. The quantitative estimate of drug-likeness (QED) is 0.784. The zero-order valence-electron chi connectivity index (χ0n) is 8.31. The lowest BCUT2D eigenvalue weighted by Gasteiger charge is -2.05. The highest BCUT2D eigenvalue weighted by Gasteiger charge is 1.98. The molecular weight excluding hydrogens is 190 g/mol. The third kappa shape index (κ3) is 2.16. The van der Waals surface area contributed by atoms with Crippen LogP contribution in [0.4, 0.5) is 5.82 Å². The Morgan fingerprint density at radius 1 is 1.20 bits per heavy atom. The minimum Gasteiger partial charge on any atom is -0.492 e. The van der Waals surface area contributed by atoms with Gasteiger partial charge >= 0.3 is 0 Å². The molecule has 78 valence electrons. The van der Waals surface area contributed by atoms with E-state index in [2.05, 4.69) is 4.98 Å². The van der Waals surface area contributed by atoms with Gasteiger partial charge in [0.1, 0.15) is 18.2 Å². The average Bonchev–Trinajstić information content (AvgIpc) is 2.26. The molecule has 0 atom stereocenters. The van der Waals surface area contributed by atoms with Gasteiger partial charge in [0.05, 0.1) is 5.52 Å². The molecule has 0 radical (unpaired) electrons. The molecule has 0 spiro atoms. The number of ether oxygens (including phenoxy) is 1. The first-order valence-electron chi connectivity index (χ1n) is 4.79. The van der Waals surface area contributed by atoms with Crippen LogP contribution in [0.5, 0.6) is 5.75 Å². The number of aromatic nitrogens is 1. The van der Waals surface area contributed by atoms with Gasteiger partial charge in [0.15, 0.2) is 0 Å². The van der Waals surface area contributed by atoms with Gasteiger partial charge in [0, 0.05) is 11.9 Å². The smallest absolute Gasteiger partial charge is 0.124 e. The minimum atomic E-state index is 0.512. The number of rotatable bonds is 3. The second-order valence-corrected chi connectivity index (χ2v) is 3.23. The molecular formula is C11H13N3O. The number of nitrogens with two attached hydrogens (primary N) is 2. The van der Waals surface area contributed by atoms with Crippen molar-refractivity contribution in [2.24, 2.45) is 5.73 Å². The largest absolute Gasteiger partial charge is 0.492 e. The van der Waals surface area contributed by atoms with E-state index in [1.165, 1.54) is 0 Å². The summed E-state index contributed by atoms with van der Waals surface area (Å²) in [4.78, 5) is 4.19. The Hall–Kier alpha value is -1.81. The number of nitrogen functional groups attached to an aromatic ring is 1. The number of nitrogens with zero attached hydrogens (tertiary/aromatic N) is 1. The highest BCUT2D eigenvalue weighted by atomic mass is 16.5. The SMILES string of the molecule is NCCOc1ccc2nc(N)ccc2c1. The Morgan fingerprint density at radius 2 is 2.07 bits per heavy atom. The van der Waals surface area contributed by atoms with Crippen molar-refractivity contribution in [1.29, 1.82) is 0 Å². The Balaban J connectivity index is 2.34. The van der Waals surface area contributed by atoms with Crippen molar-refractivity contribution >= 4 is 16.7 Å². The second kappa shape index (κ2) is 4.14. The summed E-state index contributed by atoms with van der Waals surface area (Å²) in [5, 5.41) is 1.01. The van der Waals surface area contributed by atoms with Crippen molar-refractivity contribution in [3.8, 4) is 5.75 Å². The highest BCUT2D eigenvalue weighted by Crippen LogP contribution is 2.20. The number of hydrogen-bond donors (Lipinski definition) is 2. The Labute approximate surface area is 87.9 Å². The van der Waals surface area contributed by atoms with Gasteiger partial charge in [-0.1, -0.05) is 0 Å². The van der Waals surface area contributed by atoms with Crippen LogP contribution in [0.25, 0.3) is 10.9 Å². The van der Waals surface area contributed by atoms with Gasteiger partial charge < -0.3 is 16.2 Å². The van der Waals surface area contributed by atoms with Gasteiger partial charge in [-0.3, -0.25) is 0 Å². The van der Waals surface area contributed by atoms with Gasteiger partial charge in [-0.05, 0) is 30.3 Å². The van der Waals surface area contributed by atoms with E-state index in [-0.39, 0.29) is 0 Å². The van der Waals surface area contributed by atoms with E-state index in [0.717, 1.165) is 16.7 Å². The lowest BCUT2D eigenvalue weighted by Crippen LogP contribution is -2.10. The highest BCUT2D eigenvalue weighted by molar-refractivity contribution is 5.81. The molecule has 4 N–H and O–H groups in total. The van der Waals surface area contributed by atoms with Crippen LogP contribution in [-0.2, 0) is 0 Å². The van der Waals surface area contributed by atoms with Crippen molar-refractivity contribution in [3.05, 3.63) is 30.3 Å². The van der Waals surface area contributed by atoms with Crippen molar-refractivity contribution in [3.63, 3.8) is 0 Å². The molecule has 0 fully saturated rings. The molecule has 1 aromatic heterocycles. The van der Waals surface area contributed by atoms with E-state index in [4.69, 9.17) is 16.2 Å². The number of fused-ring (bicyclic) bond motifs is 1. The van der Waals surface area contributed by atoms with E-state index in [1.807, 2.05) is 24.3 Å². The van der Waals surface area contributed by atoms with Gasteiger partial charge in [-0.2, -0.15) is 0 Å². The molecule has 0 saturated carbocycles. The van der Waals surface area contributed by atoms with E-state index in [0.29, 0.717) is 19.0 Å². The molecule has 4 heteroatoms. The standard InChI is InChI=1S/C11H13N3O/c12-5-6-15-9-2-3-10-8(7-9)1-4-11(13)14-10/h1-4,7H,5-6,12H2,(H2,13,14). The Morgan fingerprint density at radius 3 is 2.87 bits per heavy atom. The third-order valence-corrected chi connectivity index (χ3v) is 2.07. The van der Waals surface area contributed by atoms with Crippen molar-refractivity contribution in [2.75, 3.05) is 18.9 Å². The monoisotopic (exact) mass is 203 g/mol. The van der Waals surface area contributed by atoms with Gasteiger partial charge in [-0.15, -0.1) is 0 Å². The van der Waals surface area contributed by atoms with Crippen molar-refractivity contribution in [2.45, 2.75) is 0 Å². The molecule has 4 nitrogen and oxygen atoms in total. The summed E-state index contributed by atoms with van der Waals surface area (Å²) in [5.41, 5.74) is 11.8. The second-order valence-electron chi connectivity index (χ2n) is 3.23. The van der Waals surface area contributed by atoms with Crippen LogP contribution < -0.4 is 16.2 Å². The molecule has 0 unspecified atom stereocenters. The fraction of sp³-hybridized carbons (Fsp3) is 0.182. The maximum absolute atomic E-state index is 5.58. The van der Waals surface area contributed by atoms with E-state index in [9.17, 15) is 0 Å². The molecule has 15 heavy (non-hydrogen) atoms. The maximum atomic E-state index is 5.58. The summed E-state index contributed by atoms with van der Waals surface area (Å²) < 4.78 is 5.41. The molecule has 0 amide bonds. The van der Waals surface area contributed by atoms with Crippen LogP contribution in [0.1, 0.15) is 0 Å². The van der Waals surface area contributed by atoms with E-state index < -0.39 is 0 Å². The Bertz CT molecular complexity index is 470. The topological polar surface area (TPSA) is 74.2 Å². The normalized spacial score (nSPS) is 10.5. The van der Waals surface area contributed by atoms with Crippen LogP contribution in [0, 0.1) is 0 Å². The molecule has 2 aromatic rings. The molecule has 0 aliphatic carbocycles. The molecule has 1 heterocycles. The molecule has 2 rings (SSSR count). The number of hydrogen-bond acceptors (Lipinski definition) is 4. The summed E-state index contributed by atoms with van der Waals surface area (Å²) in [6.45, 7) is 1.03. The fourth-order valence-electron chi connectivity index (χ4n) is 1.39. The molecule has 0 aliphatic rings. The van der Waals surface area contributed by atoms with Crippen LogP contribution in [0.2, 0.25) is 0 Å². The summed E-state index contributed by atoms with van der Waals surface area (Å²) in [7, 11) is 0. The summed E-state index contributed by atoms with van der Waals surface area (Å²) in [5.74, 6) is 1.33. The summed E-state index contributed by atoms with van der Waals surface area (Å²) >= 11 is 0. The zero-order valence-corrected chi connectivity index (χ0v) is 8.31. The van der Waals surface area contributed by atoms with Crippen LogP contribution in [0.3, 0.4) is 0 Å². The van der Waals surface area contributed by atoms with Crippen molar-refractivity contribution < 1.29 is 4.74 Å². The van der Waals surface area contributed by atoms with Crippen LogP contribution >= 0.6 is 0 Å². The number of anilines is 1. The molecule has 0 aliphatic heterocycles. The minimum absolute atomic E-state index is 0.512. The lowest BCUT2D eigenvalue weighted by atomic mass is 10.2. The van der Waals surface area contributed by atoms with Crippen LogP contribution in [-0.4, -0.2) is 18.1 Å². The first-order valence-corrected chi connectivity index (χ1v) is 4.79. The van der Waals surface area contributed by atoms with E-state index >= 15 is 0 Å². The van der Waals surface area contributed by atoms with Gasteiger partial charge in [0.25, 0.3) is 0 Å². The first kappa shape index (κ1) is 9.73. The zero-order chi connectivity index (χ0) is 10.7.